The van der Waals surface area contributed by atoms with E-state index in [1.54, 1.807) is 32.9 Å². The van der Waals surface area contributed by atoms with Gasteiger partial charge in [-0.15, -0.1) is 0 Å². The summed E-state index contributed by atoms with van der Waals surface area (Å²) < 4.78 is 31.9. The molecule has 0 aliphatic carbocycles. The van der Waals surface area contributed by atoms with Crippen molar-refractivity contribution in [1.29, 1.82) is 0 Å². The second-order valence-electron chi connectivity index (χ2n) is 5.45. The molecule has 0 saturated heterocycles. The summed E-state index contributed by atoms with van der Waals surface area (Å²) in [5.74, 6) is 0.204. The molecule has 1 atom stereocenters. The molecule has 25 heavy (non-hydrogen) atoms. The maximum Gasteiger partial charge on any atom is 0.251 e. The normalized spacial score (nSPS) is 13.0. The molecule has 0 radical (unpaired) electrons. The Morgan fingerprint density at radius 2 is 1.96 bits per heavy atom. The van der Waals surface area contributed by atoms with Crippen molar-refractivity contribution in [2.24, 2.45) is 0 Å². The minimum Gasteiger partial charge on any atom is -0.467 e. The average Bonchev–Trinajstić information content (AvgIpc) is 3.10. The van der Waals surface area contributed by atoms with Crippen LogP contribution >= 0.6 is 11.6 Å². The van der Waals surface area contributed by atoms with Crippen molar-refractivity contribution in [2.75, 3.05) is 13.1 Å². The summed E-state index contributed by atoms with van der Waals surface area (Å²) >= 11 is 6.08. The molecule has 6 nitrogen and oxygen atoms in total. The average molecular weight is 385 g/mol. The van der Waals surface area contributed by atoms with Gasteiger partial charge in [0.1, 0.15) is 10.7 Å². The zero-order valence-corrected chi connectivity index (χ0v) is 15.9. The summed E-state index contributed by atoms with van der Waals surface area (Å²) in [6.07, 6.45) is 1.52. The van der Waals surface area contributed by atoms with E-state index in [0.29, 0.717) is 18.8 Å². The Labute approximate surface area is 152 Å². The number of benzene rings is 1. The minimum atomic E-state index is -3.76. The second-order valence-corrected chi connectivity index (χ2v) is 7.76. The van der Waals surface area contributed by atoms with Crippen molar-refractivity contribution < 1.29 is 17.6 Å². The van der Waals surface area contributed by atoms with Crippen molar-refractivity contribution >= 4 is 27.5 Å². The monoisotopic (exact) mass is 384 g/mol. The quantitative estimate of drug-likeness (QED) is 0.792. The number of hydrogen-bond acceptors (Lipinski definition) is 4. The van der Waals surface area contributed by atoms with Crippen LogP contribution in [0.5, 0.6) is 0 Å². The van der Waals surface area contributed by atoms with E-state index in [4.69, 9.17) is 16.0 Å². The second kappa shape index (κ2) is 8.03. The Morgan fingerprint density at radius 1 is 1.28 bits per heavy atom. The van der Waals surface area contributed by atoms with Crippen LogP contribution in [0.2, 0.25) is 5.02 Å². The summed E-state index contributed by atoms with van der Waals surface area (Å²) in [7, 11) is -3.76. The molecule has 1 N–H and O–H groups in total. The molecule has 0 aliphatic rings. The number of carbonyl (C=O) groups excluding carboxylic acids is 1. The third-order valence-electron chi connectivity index (χ3n) is 3.83. The molecule has 0 spiro atoms. The van der Waals surface area contributed by atoms with Crippen LogP contribution in [-0.4, -0.2) is 31.7 Å². The van der Waals surface area contributed by atoms with Gasteiger partial charge in [-0.25, -0.2) is 8.42 Å². The maximum atomic E-state index is 12.7. The first-order valence-corrected chi connectivity index (χ1v) is 9.77. The first kappa shape index (κ1) is 19.5. The van der Waals surface area contributed by atoms with Crippen LogP contribution in [0.3, 0.4) is 0 Å². The molecule has 1 amide bonds. The number of nitrogens with zero attached hydrogens (tertiary/aromatic N) is 1. The number of nitrogens with one attached hydrogen (secondary N) is 1. The van der Waals surface area contributed by atoms with E-state index in [9.17, 15) is 13.2 Å². The number of furan rings is 1. The van der Waals surface area contributed by atoms with Gasteiger partial charge in [0.2, 0.25) is 10.0 Å². The lowest BCUT2D eigenvalue weighted by Crippen LogP contribution is -2.31. The lowest BCUT2D eigenvalue weighted by Gasteiger charge is -2.20. The van der Waals surface area contributed by atoms with Gasteiger partial charge in [0.25, 0.3) is 5.91 Å². The van der Waals surface area contributed by atoms with Gasteiger partial charge >= 0.3 is 0 Å². The lowest BCUT2D eigenvalue weighted by molar-refractivity contribution is 0.0935. The number of rotatable bonds is 7. The number of hydrogen-bond donors (Lipinski definition) is 1. The van der Waals surface area contributed by atoms with Crippen molar-refractivity contribution in [3.05, 3.63) is 52.9 Å². The van der Waals surface area contributed by atoms with E-state index in [2.05, 4.69) is 5.32 Å². The summed E-state index contributed by atoms with van der Waals surface area (Å²) in [6.45, 7) is 5.91. The van der Waals surface area contributed by atoms with E-state index in [1.807, 2.05) is 0 Å². The topological polar surface area (TPSA) is 79.6 Å². The molecule has 0 aliphatic heterocycles. The van der Waals surface area contributed by atoms with Gasteiger partial charge in [0.15, 0.2) is 0 Å². The van der Waals surface area contributed by atoms with Gasteiger partial charge in [0.05, 0.1) is 17.3 Å². The highest BCUT2D eigenvalue weighted by atomic mass is 35.5. The van der Waals surface area contributed by atoms with Gasteiger partial charge < -0.3 is 9.73 Å². The fourth-order valence-electron chi connectivity index (χ4n) is 2.43. The smallest absolute Gasteiger partial charge is 0.251 e. The van der Waals surface area contributed by atoms with E-state index in [-0.39, 0.29) is 21.5 Å². The predicted octanol–water partition coefficient (Wildman–Crippen LogP) is 3.45. The fourth-order valence-corrected chi connectivity index (χ4v) is 4.39. The predicted molar refractivity (Wildman–Crippen MR) is 96.1 cm³/mol. The number of carbonyl (C=O) groups is 1. The molecule has 0 bridgehead atoms. The van der Waals surface area contributed by atoms with Crippen molar-refractivity contribution in [3.8, 4) is 0 Å². The van der Waals surface area contributed by atoms with E-state index < -0.39 is 15.9 Å². The van der Waals surface area contributed by atoms with Crippen LogP contribution in [0.25, 0.3) is 0 Å². The SMILES string of the molecule is CCN(CC)S(=O)(=O)c1cc(C(=O)N[C@@H](C)c2ccco2)ccc1Cl. The van der Waals surface area contributed by atoms with Crippen LogP contribution < -0.4 is 5.32 Å². The summed E-state index contributed by atoms with van der Waals surface area (Å²) in [6, 6.07) is 7.36. The minimum absolute atomic E-state index is 0.0730. The highest BCUT2D eigenvalue weighted by Crippen LogP contribution is 2.26. The molecule has 1 heterocycles. The molecule has 1 aromatic heterocycles. The summed E-state index contributed by atoms with van der Waals surface area (Å²) in [5.41, 5.74) is 0.216. The van der Waals surface area contributed by atoms with Gasteiger partial charge in [-0.1, -0.05) is 25.4 Å². The summed E-state index contributed by atoms with van der Waals surface area (Å²) in [4.78, 5) is 12.4. The first-order chi connectivity index (χ1) is 11.8. The van der Waals surface area contributed by atoms with Crippen LogP contribution in [0, 0.1) is 0 Å². The molecule has 0 saturated carbocycles. The molecule has 0 fully saturated rings. The van der Waals surface area contributed by atoms with Gasteiger partial charge in [0, 0.05) is 18.7 Å². The molecule has 136 valence electrons. The fraction of sp³-hybridized carbons (Fsp3) is 0.353. The first-order valence-electron chi connectivity index (χ1n) is 7.95. The number of halogens is 1. The lowest BCUT2D eigenvalue weighted by atomic mass is 10.2. The number of amides is 1. The Morgan fingerprint density at radius 3 is 2.52 bits per heavy atom. The van der Waals surface area contributed by atoms with Crippen LogP contribution in [0.15, 0.2) is 45.9 Å². The highest BCUT2D eigenvalue weighted by Gasteiger charge is 2.26. The third-order valence-corrected chi connectivity index (χ3v) is 6.37. The molecule has 2 aromatic rings. The molecule has 2 rings (SSSR count). The Hall–Kier alpha value is -1.83. The highest BCUT2D eigenvalue weighted by molar-refractivity contribution is 7.89. The van der Waals surface area contributed by atoms with Crippen molar-refractivity contribution in [1.82, 2.24) is 9.62 Å². The number of sulfonamides is 1. The van der Waals surface area contributed by atoms with Gasteiger partial charge in [-0.2, -0.15) is 4.31 Å². The standard InChI is InChI=1S/C17H21ClN2O4S/c1-4-20(5-2)25(22,23)16-11-13(8-9-14(16)18)17(21)19-12(3)15-7-6-10-24-15/h6-12H,4-5H2,1-3H3,(H,19,21)/t12-/m0/s1. The Kier molecular flexibility index (Phi) is 6.26. The molecule has 0 unspecified atom stereocenters. The molecule has 1 aromatic carbocycles. The van der Waals surface area contributed by atoms with E-state index >= 15 is 0 Å². The zero-order chi connectivity index (χ0) is 18.6. The van der Waals surface area contributed by atoms with Gasteiger partial charge in [-0.05, 0) is 37.3 Å². The van der Waals surface area contributed by atoms with Gasteiger partial charge in [-0.3, -0.25) is 4.79 Å². The largest absolute Gasteiger partial charge is 0.467 e. The van der Waals surface area contributed by atoms with E-state index in [1.165, 1.54) is 28.8 Å². The van der Waals surface area contributed by atoms with Crippen molar-refractivity contribution in [2.45, 2.75) is 31.7 Å². The molecular formula is C17H21ClN2O4S. The van der Waals surface area contributed by atoms with Crippen molar-refractivity contribution in [3.63, 3.8) is 0 Å². The Balaban J connectivity index is 2.30. The zero-order valence-electron chi connectivity index (χ0n) is 14.3. The van der Waals surface area contributed by atoms with Crippen LogP contribution in [0.1, 0.15) is 42.9 Å². The Bertz CT molecular complexity index is 830. The molecular weight excluding hydrogens is 364 g/mol. The van der Waals surface area contributed by atoms with Crippen LogP contribution in [-0.2, 0) is 10.0 Å². The van der Waals surface area contributed by atoms with E-state index in [0.717, 1.165) is 0 Å². The maximum absolute atomic E-state index is 12.7. The van der Waals surface area contributed by atoms with Crippen LogP contribution in [0.4, 0.5) is 0 Å². The third kappa shape index (κ3) is 4.23. The molecule has 8 heteroatoms. The summed E-state index contributed by atoms with van der Waals surface area (Å²) in [5, 5.41) is 2.86.